The summed E-state index contributed by atoms with van der Waals surface area (Å²) in [6.45, 7) is 2.76. The van der Waals surface area contributed by atoms with Crippen LogP contribution < -0.4 is 0 Å². The molecule has 0 unspecified atom stereocenters. The Balaban J connectivity index is 2.52. The highest BCUT2D eigenvalue weighted by molar-refractivity contribution is 5.80. The zero-order valence-electron chi connectivity index (χ0n) is 8.50. The second kappa shape index (κ2) is 3.80. The third-order valence-electron chi connectivity index (χ3n) is 2.38. The van der Waals surface area contributed by atoms with Gasteiger partial charge in [0.05, 0.1) is 6.61 Å². The molecule has 3 heteroatoms. The Hall–Kier alpha value is -1.35. The van der Waals surface area contributed by atoms with Crippen molar-refractivity contribution in [3.05, 3.63) is 29.6 Å². The summed E-state index contributed by atoms with van der Waals surface area (Å²) < 4.78 is 5.12. The fourth-order valence-corrected chi connectivity index (χ4v) is 1.57. The van der Waals surface area contributed by atoms with Crippen molar-refractivity contribution in [2.24, 2.45) is 0 Å². The lowest BCUT2D eigenvalue weighted by atomic mass is 10.1. The number of nitrogens with one attached hydrogen (secondary N) is 1. The quantitative estimate of drug-likeness (QED) is 0.806. The second-order valence-electron chi connectivity index (χ2n) is 3.34. The number of ether oxygens (including phenoxy) is 1. The molecule has 0 aliphatic rings. The molecular weight excluding hydrogens is 176 g/mol. The predicted molar refractivity (Wildman–Crippen MR) is 56.2 cm³/mol. The van der Waals surface area contributed by atoms with Crippen molar-refractivity contribution in [3.63, 3.8) is 0 Å². The van der Waals surface area contributed by atoms with Crippen LogP contribution in [0.25, 0.3) is 11.0 Å². The normalized spacial score (nSPS) is 11.0. The smallest absolute Gasteiger partial charge is 0.137 e. The van der Waals surface area contributed by atoms with E-state index in [0.717, 1.165) is 12.1 Å². The first-order valence-electron chi connectivity index (χ1n) is 4.79. The maximum absolute atomic E-state index is 5.12. The van der Waals surface area contributed by atoms with E-state index in [1.807, 2.05) is 12.4 Å². The molecule has 0 spiro atoms. The van der Waals surface area contributed by atoms with Crippen LogP contribution in [0.15, 0.2) is 18.5 Å². The molecule has 14 heavy (non-hydrogen) atoms. The van der Waals surface area contributed by atoms with Gasteiger partial charge in [-0.15, -0.1) is 0 Å². The van der Waals surface area contributed by atoms with Gasteiger partial charge in [-0.05, 0) is 18.1 Å². The molecule has 0 bridgehead atoms. The van der Waals surface area contributed by atoms with E-state index in [-0.39, 0.29) is 0 Å². The third kappa shape index (κ3) is 1.51. The maximum atomic E-state index is 5.12. The van der Waals surface area contributed by atoms with Crippen LogP contribution in [0.4, 0.5) is 0 Å². The topological polar surface area (TPSA) is 37.9 Å². The number of pyridine rings is 1. The van der Waals surface area contributed by atoms with E-state index in [1.54, 1.807) is 7.11 Å². The average molecular weight is 190 g/mol. The van der Waals surface area contributed by atoms with Gasteiger partial charge in [-0.25, -0.2) is 4.98 Å². The number of H-pyrrole nitrogens is 1. The van der Waals surface area contributed by atoms with Gasteiger partial charge in [0.1, 0.15) is 5.65 Å². The molecule has 0 radical (unpaired) electrons. The fraction of sp³-hybridized carbons (Fsp3) is 0.364. The Labute approximate surface area is 83.1 Å². The summed E-state index contributed by atoms with van der Waals surface area (Å²) in [5, 5.41) is 1.17. The molecule has 1 N–H and O–H groups in total. The summed E-state index contributed by atoms with van der Waals surface area (Å²) in [4.78, 5) is 7.48. The summed E-state index contributed by atoms with van der Waals surface area (Å²) in [7, 11) is 1.70. The van der Waals surface area contributed by atoms with Crippen LogP contribution in [0.3, 0.4) is 0 Å². The monoisotopic (exact) mass is 190 g/mol. The lowest BCUT2D eigenvalue weighted by Gasteiger charge is -1.98. The average Bonchev–Trinajstić information content (AvgIpc) is 2.61. The molecule has 0 fully saturated rings. The molecule has 2 aromatic heterocycles. The van der Waals surface area contributed by atoms with Crippen LogP contribution in [0.1, 0.15) is 18.1 Å². The van der Waals surface area contributed by atoms with Gasteiger partial charge in [0, 0.05) is 30.5 Å². The highest BCUT2D eigenvalue weighted by Gasteiger charge is 2.04. The van der Waals surface area contributed by atoms with Crippen LogP contribution in [0, 0.1) is 0 Å². The fourth-order valence-electron chi connectivity index (χ4n) is 1.57. The van der Waals surface area contributed by atoms with E-state index in [1.165, 1.54) is 16.5 Å². The molecule has 2 heterocycles. The SMILES string of the molecule is CCc1cnc2[nH]cc(COC)c2c1. The van der Waals surface area contributed by atoms with Crippen molar-refractivity contribution < 1.29 is 4.74 Å². The molecule has 3 nitrogen and oxygen atoms in total. The first-order chi connectivity index (χ1) is 6.85. The summed E-state index contributed by atoms with van der Waals surface area (Å²) in [6, 6.07) is 2.17. The molecule has 0 saturated carbocycles. The van der Waals surface area contributed by atoms with Crippen LogP contribution in [-0.2, 0) is 17.8 Å². The largest absolute Gasteiger partial charge is 0.380 e. The van der Waals surface area contributed by atoms with Gasteiger partial charge >= 0.3 is 0 Å². The van der Waals surface area contributed by atoms with Crippen molar-refractivity contribution in [1.82, 2.24) is 9.97 Å². The summed E-state index contributed by atoms with van der Waals surface area (Å²) >= 11 is 0. The van der Waals surface area contributed by atoms with Crippen LogP contribution >= 0.6 is 0 Å². The van der Waals surface area contributed by atoms with E-state index in [4.69, 9.17) is 4.74 Å². The van der Waals surface area contributed by atoms with Crippen LogP contribution in [0.2, 0.25) is 0 Å². The van der Waals surface area contributed by atoms with Crippen molar-refractivity contribution in [3.8, 4) is 0 Å². The third-order valence-corrected chi connectivity index (χ3v) is 2.38. The molecule has 0 atom stereocenters. The number of methoxy groups -OCH3 is 1. The Morgan fingerprint density at radius 3 is 3.07 bits per heavy atom. The minimum Gasteiger partial charge on any atom is -0.380 e. The molecule has 0 amide bonds. The first kappa shape index (κ1) is 9.21. The zero-order valence-corrected chi connectivity index (χ0v) is 8.50. The van der Waals surface area contributed by atoms with E-state index in [2.05, 4.69) is 23.0 Å². The van der Waals surface area contributed by atoms with Gasteiger partial charge in [0.2, 0.25) is 0 Å². The zero-order chi connectivity index (χ0) is 9.97. The molecule has 0 saturated heterocycles. The number of aromatic amines is 1. The molecule has 2 rings (SSSR count). The van der Waals surface area contributed by atoms with Gasteiger partial charge in [-0.3, -0.25) is 0 Å². The predicted octanol–water partition coefficient (Wildman–Crippen LogP) is 2.27. The summed E-state index contributed by atoms with van der Waals surface area (Å²) in [5.74, 6) is 0. The van der Waals surface area contributed by atoms with Gasteiger partial charge in [-0.2, -0.15) is 0 Å². The van der Waals surface area contributed by atoms with Crippen LogP contribution in [-0.4, -0.2) is 17.1 Å². The van der Waals surface area contributed by atoms with Gasteiger partial charge in [0.25, 0.3) is 0 Å². The Kier molecular flexibility index (Phi) is 2.50. The summed E-state index contributed by atoms with van der Waals surface area (Å²) in [6.07, 6.45) is 4.89. The Bertz CT molecular complexity index is 434. The molecule has 0 aliphatic carbocycles. The van der Waals surface area contributed by atoms with Gasteiger partial charge in [-0.1, -0.05) is 6.92 Å². The minimum absolute atomic E-state index is 0.634. The summed E-state index contributed by atoms with van der Waals surface area (Å²) in [5.41, 5.74) is 3.37. The van der Waals surface area contributed by atoms with E-state index in [0.29, 0.717) is 6.61 Å². The second-order valence-corrected chi connectivity index (χ2v) is 3.34. The van der Waals surface area contributed by atoms with Gasteiger partial charge in [0.15, 0.2) is 0 Å². The highest BCUT2D eigenvalue weighted by atomic mass is 16.5. The van der Waals surface area contributed by atoms with E-state index < -0.39 is 0 Å². The van der Waals surface area contributed by atoms with Crippen molar-refractivity contribution in [2.75, 3.05) is 7.11 Å². The van der Waals surface area contributed by atoms with E-state index in [9.17, 15) is 0 Å². The lowest BCUT2D eigenvalue weighted by molar-refractivity contribution is 0.186. The number of hydrogen-bond donors (Lipinski definition) is 1. The Morgan fingerprint density at radius 2 is 2.36 bits per heavy atom. The maximum Gasteiger partial charge on any atom is 0.137 e. The van der Waals surface area contributed by atoms with Crippen molar-refractivity contribution in [2.45, 2.75) is 20.0 Å². The standard InChI is InChI=1S/C11H14N2O/c1-3-8-4-10-9(7-14-2)6-13-11(10)12-5-8/h4-6H,3,7H2,1-2H3,(H,12,13). The van der Waals surface area contributed by atoms with Crippen molar-refractivity contribution >= 4 is 11.0 Å². The van der Waals surface area contributed by atoms with E-state index >= 15 is 0 Å². The number of aromatic nitrogens is 2. The molecule has 0 aromatic carbocycles. The highest BCUT2D eigenvalue weighted by Crippen LogP contribution is 2.18. The molecular formula is C11H14N2O. The first-order valence-corrected chi connectivity index (χ1v) is 4.79. The number of nitrogens with zero attached hydrogens (tertiary/aromatic N) is 1. The number of hydrogen-bond acceptors (Lipinski definition) is 2. The van der Waals surface area contributed by atoms with Gasteiger partial charge < -0.3 is 9.72 Å². The number of rotatable bonds is 3. The number of fused-ring (bicyclic) bond motifs is 1. The lowest BCUT2D eigenvalue weighted by Crippen LogP contribution is -1.87. The minimum atomic E-state index is 0.634. The van der Waals surface area contributed by atoms with Crippen LogP contribution in [0.5, 0.6) is 0 Å². The Morgan fingerprint density at radius 1 is 1.50 bits per heavy atom. The molecule has 0 aliphatic heterocycles. The van der Waals surface area contributed by atoms with Crippen molar-refractivity contribution in [1.29, 1.82) is 0 Å². The molecule has 74 valence electrons. The number of aryl methyl sites for hydroxylation is 1. The molecule has 2 aromatic rings.